The van der Waals surface area contributed by atoms with E-state index < -0.39 is 17.7 Å². The van der Waals surface area contributed by atoms with Gasteiger partial charge in [0.25, 0.3) is 0 Å². The maximum absolute atomic E-state index is 13.3. The van der Waals surface area contributed by atoms with Crippen LogP contribution in [0, 0.1) is 0 Å². The fraction of sp³-hybridized carbons (Fsp3) is 0.222. The summed E-state index contributed by atoms with van der Waals surface area (Å²) >= 11 is 1.53. The van der Waals surface area contributed by atoms with Crippen molar-refractivity contribution in [2.75, 3.05) is 0 Å². The zero-order valence-electron chi connectivity index (χ0n) is 20.1. The van der Waals surface area contributed by atoms with Crippen molar-refractivity contribution in [1.82, 2.24) is 14.8 Å². The van der Waals surface area contributed by atoms with Gasteiger partial charge >= 0.3 is 12.1 Å². The molecule has 0 atom stereocenters. The molecular formula is C27H25N3O5S. The number of ether oxygens (including phenoxy) is 2. The van der Waals surface area contributed by atoms with Crippen molar-refractivity contribution < 1.29 is 24.2 Å². The molecule has 0 amide bonds. The molecule has 0 saturated heterocycles. The van der Waals surface area contributed by atoms with E-state index in [0.717, 1.165) is 20.7 Å². The molecule has 5 rings (SSSR count). The lowest BCUT2D eigenvalue weighted by Crippen LogP contribution is -2.27. The lowest BCUT2D eigenvalue weighted by atomic mass is 10.1. The van der Waals surface area contributed by atoms with Gasteiger partial charge in [-0.3, -0.25) is 5.10 Å². The number of fused-ring (bicyclic) bond motifs is 2. The lowest BCUT2D eigenvalue weighted by Gasteiger charge is -2.20. The maximum atomic E-state index is 13.3. The summed E-state index contributed by atoms with van der Waals surface area (Å²) in [5, 5.41) is 17.7. The van der Waals surface area contributed by atoms with Crippen molar-refractivity contribution in [2.45, 2.75) is 39.6 Å². The van der Waals surface area contributed by atoms with E-state index in [1.54, 1.807) is 26.8 Å². The maximum Gasteiger partial charge on any atom is 0.419 e. The molecule has 184 valence electrons. The van der Waals surface area contributed by atoms with Gasteiger partial charge in [-0.1, -0.05) is 36.4 Å². The second kappa shape index (κ2) is 9.25. The molecule has 0 aliphatic rings. The van der Waals surface area contributed by atoms with Gasteiger partial charge in [0.05, 0.1) is 40.2 Å². The molecule has 0 aliphatic carbocycles. The number of carbonyl (C=O) groups is 2. The topological polar surface area (TPSA) is 106 Å². The standard InChI is InChI=1S/C27H25N3O5S/c1-27(2,3)35-26(33)30-21-12-18(25(31)32)10-9-17(21)11-22(30)23-24-20(28-29-23)13-19(36-24)15-34-14-16-7-5-4-6-8-16/h4-13H,14-15H2,1-3H3,(H,28,29)(H,31,32). The molecule has 3 heterocycles. The van der Waals surface area contributed by atoms with Gasteiger partial charge in [0.15, 0.2) is 0 Å². The van der Waals surface area contributed by atoms with Crippen molar-refractivity contribution in [3.8, 4) is 11.4 Å². The first kappa shape index (κ1) is 23.8. The predicted molar refractivity (Wildman–Crippen MR) is 138 cm³/mol. The number of carbonyl (C=O) groups excluding carboxylic acids is 1. The van der Waals surface area contributed by atoms with Gasteiger partial charge in [-0.2, -0.15) is 5.10 Å². The molecule has 2 N–H and O–H groups in total. The summed E-state index contributed by atoms with van der Waals surface area (Å²) in [4.78, 5) is 25.9. The molecule has 0 fully saturated rings. The number of hydrogen-bond acceptors (Lipinski definition) is 6. The number of aromatic amines is 1. The number of benzene rings is 2. The summed E-state index contributed by atoms with van der Waals surface area (Å²) < 4.78 is 13.8. The highest BCUT2D eigenvalue weighted by atomic mass is 32.1. The number of rotatable bonds is 6. The van der Waals surface area contributed by atoms with E-state index in [9.17, 15) is 14.7 Å². The third-order valence-corrected chi connectivity index (χ3v) is 6.63. The molecule has 0 unspecified atom stereocenters. The number of nitrogens with one attached hydrogen (secondary N) is 1. The number of carboxylic acids is 1. The molecule has 0 radical (unpaired) electrons. The zero-order chi connectivity index (χ0) is 25.4. The smallest absolute Gasteiger partial charge is 0.419 e. The molecule has 5 aromatic rings. The minimum Gasteiger partial charge on any atom is -0.478 e. The van der Waals surface area contributed by atoms with Crippen LogP contribution in [-0.2, 0) is 22.7 Å². The first-order chi connectivity index (χ1) is 17.2. The van der Waals surface area contributed by atoms with Crippen LogP contribution in [0.5, 0.6) is 0 Å². The second-order valence-electron chi connectivity index (χ2n) is 9.43. The van der Waals surface area contributed by atoms with Crippen LogP contribution in [0.3, 0.4) is 0 Å². The molecule has 9 heteroatoms. The molecular weight excluding hydrogens is 478 g/mol. The molecule has 0 aliphatic heterocycles. The average molecular weight is 504 g/mol. The van der Waals surface area contributed by atoms with E-state index in [-0.39, 0.29) is 5.56 Å². The van der Waals surface area contributed by atoms with Crippen LogP contribution >= 0.6 is 11.3 Å². The Balaban J connectivity index is 1.53. The van der Waals surface area contributed by atoms with Gasteiger partial charge in [0, 0.05) is 10.3 Å². The monoisotopic (exact) mass is 503 g/mol. The van der Waals surface area contributed by atoms with Gasteiger partial charge in [0.1, 0.15) is 11.3 Å². The van der Waals surface area contributed by atoms with Gasteiger partial charge in [-0.25, -0.2) is 14.2 Å². The van der Waals surface area contributed by atoms with E-state index in [4.69, 9.17) is 9.47 Å². The van der Waals surface area contributed by atoms with Gasteiger partial charge < -0.3 is 14.6 Å². The number of hydrogen-bond donors (Lipinski definition) is 2. The second-order valence-corrected chi connectivity index (χ2v) is 10.6. The van der Waals surface area contributed by atoms with E-state index in [0.29, 0.717) is 35.5 Å². The Morgan fingerprint density at radius 2 is 1.83 bits per heavy atom. The van der Waals surface area contributed by atoms with Crippen molar-refractivity contribution in [3.05, 3.63) is 76.7 Å². The van der Waals surface area contributed by atoms with Crippen LogP contribution in [0.15, 0.2) is 60.7 Å². The minimum absolute atomic E-state index is 0.0816. The van der Waals surface area contributed by atoms with E-state index in [2.05, 4.69) is 10.2 Å². The Labute approximate surface area is 211 Å². The minimum atomic E-state index is -1.07. The highest BCUT2D eigenvalue weighted by Gasteiger charge is 2.26. The predicted octanol–water partition coefficient (Wildman–Crippen LogP) is 6.44. The fourth-order valence-electron chi connectivity index (χ4n) is 3.97. The highest BCUT2D eigenvalue weighted by Crippen LogP contribution is 2.37. The molecule has 36 heavy (non-hydrogen) atoms. The van der Waals surface area contributed by atoms with Crippen molar-refractivity contribution in [1.29, 1.82) is 0 Å². The fourth-order valence-corrected chi connectivity index (χ4v) is 5.01. The first-order valence-corrected chi connectivity index (χ1v) is 12.2. The SMILES string of the molecule is CC(C)(C)OC(=O)n1c(-c2n[nH]c3cc(COCc4ccccc4)sc23)cc2ccc(C(=O)O)cc21. The van der Waals surface area contributed by atoms with E-state index in [1.807, 2.05) is 42.5 Å². The third-order valence-electron chi connectivity index (χ3n) is 5.51. The number of nitrogens with zero attached hydrogens (tertiary/aromatic N) is 2. The lowest BCUT2D eigenvalue weighted by molar-refractivity contribution is 0.0545. The number of aromatic nitrogens is 3. The molecule has 8 nitrogen and oxygen atoms in total. The van der Waals surface area contributed by atoms with Crippen molar-refractivity contribution >= 4 is 44.5 Å². The van der Waals surface area contributed by atoms with Crippen LogP contribution in [0.2, 0.25) is 0 Å². The van der Waals surface area contributed by atoms with Gasteiger partial charge in [-0.15, -0.1) is 11.3 Å². The highest BCUT2D eigenvalue weighted by molar-refractivity contribution is 7.19. The molecule has 0 saturated carbocycles. The molecule has 3 aromatic heterocycles. The average Bonchev–Trinajstić information content (AvgIpc) is 3.50. The largest absolute Gasteiger partial charge is 0.478 e. The number of carboxylic acid groups (broad SMARTS) is 1. The van der Waals surface area contributed by atoms with Crippen LogP contribution < -0.4 is 0 Å². The zero-order valence-corrected chi connectivity index (χ0v) is 20.9. The summed E-state index contributed by atoms with van der Waals surface area (Å²) in [5.74, 6) is -1.07. The molecule has 0 spiro atoms. The number of thiophene rings is 1. The van der Waals surface area contributed by atoms with Crippen molar-refractivity contribution in [3.63, 3.8) is 0 Å². The summed E-state index contributed by atoms with van der Waals surface area (Å²) in [6, 6.07) is 18.5. The summed E-state index contributed by atoms with van der Waals surface area (Å²) in [7, 11) is 0. The van der Waals surface area contributed by atoms with Crippen LogP contribution in [-0.4, -0.2) is 37.5 Å². The van der Waals surface area contributed by atoms with Crippen LogP contribution in [0.25, 0.3) is 32.5 Å². The van der Waals surface area contributed by atoms with Crippen LogP contribution in [0.4, 0.5) is 4.79 Å². The summed E-state index contributed by atoms with van der Waals surface area (Å²) in [6.07, 6.45) is -0.603. The quantitative estimate of drug-likeness (QED) is 0.276. The van der Waals surface area contributed by atoms with Crippen molar-refractivity contribution in [2.24, 2.45) is 0 Å². The Morgan fingerprint density at radius 3 is 2.56 bits per heavy atom. The summed E-state index contributed by atoms with van der Waals surface area (Å²) in [5.41, 5.74) is 2.83. The Kier molecular flexibility index (Phi) is 6.11. The first-order valence-electron chi connectivity index (χ1n) is 11.4. The van der Waals surface area contributed by atoms with E-state index >= 15 is 0 Å². The molecule has 0 bridgehead atoms. The van der Waals surface area contributed by atoms with Crippen LogP contribution in [0.1, 0.15) is 41.6 Å². The normalized spacial score (nSPS) is 11.9. The van der Waals surface area contributed by atoms with Gasteiger partial charge in [-0.05, 0) is 50.6 Å². The third kappa shape index (κ3) is 4.75. The number of H-pyrrole nitrogens is 1. The van der Waals surface area contributed by atoms with Gasteiger partial charge in [0.2, 0.25) is 0 Å². The summed E-state index contributed by atoms with van der Waals surface area (Å²) in [6.45, 7) is 6.31. The molecule has 2 aromatic carbocycles. The van der Waals surface area contributed by atoms with E-state index in [1.165, 1.54) is 28.0 Å². The Bertz CT molecular complexity index is 1570. The Morgan fingerprint density at radius 1 is 1.06 bits per heavy atom. The number of aromatic carboxylic acids is 1. The Hall–Kier alpha value is -3.95.